The van der Waals surface area contributed by atoms with E-state index in [0.29, 0.717) is 29.9 Å². The maximum Gasteiger partial charge on any atom is 0.319 e. The Labute approximate surface area is 169 Å². The zero-order chi connectivity index (χ0) is 20.6. The third kappa shape index (κ3) is 5.90. The van der Waals surface area contributed by atoms with Crippen molar-refractivity contribution < 1.29 is 14.0 Å². The maximum atomic E-state index is 13.2. The molecule has 148 valence electrons. The number of para-hydroxylation sites is 1. The van der Waals surface area contributed by atoms with Crippen LogP contribution < -0.4 is 16.0 Å². The first kappa shape index (κ1) is 20.1. The molecule has 0 radical (unpaired) electrons. The van der Waals surface area contributed by atoms with Crippen LogP contribution in [0.2, 0.25) is 0 Å². The van der Waals surface area contributed by atoms with Crippen LogP contribution in [0.3, 0.4) is 0 Å². The minimum Gasteiger partial charge on any atom is -0.338 e. The van der Waals surface area contributed by atoms with Crippen LogP contribution in [-0.4, -0.2) is 18.5 Å². The fourth-order valence-corrected chi connectivity index (χ4v) is 2.80. The molecule has 0 saturated carbocycles. The highest BCUT2D eigenvalue weighted by Crippen LogP contribution is 2.18. The second kappa shape index (κ2) is 9.50. The van der Waals surface area contributed by atoms with Gasteiger partial charge in [-0.15, -0.1) is 0 Å². The number of hydrogen-bond acceptors (Lipinski definition) is 2. The summed E-state index contributed by atoms with van der Waals surface area (Å²) in [5, 5.41) is 8.32. The zero-order valence-corrected chi connectivity index (χ0v) is 16.0. The topological polar surface area (TPSA) is 70.2 Å². The van der Waals surface area contributed by atoms with Gasteiger partial charge in [-0.1, -0.05) is 36.4 Å². The number of anilines is 2. The Bertz CT molecular complexity index is 1010. The van der Waals surface area contributed by atoms with Crippen LogP contribution in [0.5, 0.6) is 0 Å². The van der Waals surface area contributed by atoms with E-state index in [1.54, 1.807) is 36.4 Å². The van der Waals surface area contributed by atoms with Gasteiger partial charge in [0.2, 0.25) is 0 Å². The Balaban J connectivity index is 1.57. The summed E-state index contributed by atoms with van der Waals surface area (Å²) in [5.74, 6) is -0.557. The number of amides is 3. The molecule has 0 heterocycles. The second-order valence-corrected chi connectivity index (χ2v) is 6.61. The van der Waals surface area contributed by atoms with Gasteiger partial charge in [0.25, 0.3) is 5.91 Å². The van der Waals surface area contributed by atoms with Crippen LogP contribution in [0.4, 0.5) is 20.6 Å². The van der Waals surface area contributed by atoms with Crippen molar-refractivity contribution in [3.63, 3.8) is 0 Å². The summed E-state index contributed by atoms with van der Waals surface area (Å²) in [4.78, 5) is 24.6. The van der Waals surface area contributed by atoms with Gasteiger partial charge in [0.05, 0.1) is 0 Å². The van der Waals surface area contributed by atoms with E-state index in [1.807, 2.05) is 31.2 Å². The number of hydrogen-bond donors (Lipinski definition) is 3. The molecular formula is C23H22FN3O2. The van der Waals surface area contributed by atoms with Crippen molar-refractivity contribution in [3.05, 3.63) is 95.3 Å². The van der Waals surface area contributed by atoms with Gasteiger partial charge in [-0.3, -0.25) is 4.79 Å². The maximum absolute atomic E-state index is 13.2. The van der Waals surface area contributed by atoms with Crippen LogP contribution in [0.1, 0.15) is 21.5 Å². The molecule has 0 aliphatic carbocycles. The third-order valence-electron chi connectivity index (χ3n) is 4.37. The molecule has 0 bridgehead atoms. The first-order valence-corrected chi connectivity index (χ1v) is 9.27. The lowest BCUT2D eigenvalue weighted by Gasteiger charge is -2.12. The van der Waals surface area contributed by atoms with E-state index in [-0.39, 0.29) is 17.8 Å². The van der Waals surface area contributed by atoms with Crippen molar-refractivity contribution in [3.8, 4) is 0 Å². The third-order valence-corrected chi connectivity index (χ3v) is 4.37. The minimum absolute atomic E-state index is 0.259. The lowest BCUT2D eigenvalue weighted by Crippen LogP contribution is -2.30. The van der Waals surface area contributed by atoms with Crippen molar-refractivity contribution in [2.24, 2.45) is 0 Å². The molecule has 0 aliphatic heterocycles. The van der Waals surface area contributed by atoms with Crippen molar-refractivity contribution in [1.82, 2.24) is 5.32 Å². The molecule has 3 aromatic rings. The van der Waals surface area contributed by atoms with E-state index in [0.717, 1.165) is 11.1 Å². The predicted octanol–water partition coefficient (Wildman–Crippen LogP) is 4.75. The van der Waals surface area contributed by atoms with E-state index in [2.05, 4.69) is 16.0 Å². The Morgan fingerprint density at radius 1 is 0.897 bits per heavy atom. The molecule has 3 aromatic carbocycles. The van der Waals surface area contributed by atoms with Crippen LogP contribution in [0, 0.1) is 12.7 Å². The summed E-state index contributed by atoms with van der Waals surface area (Å²) in [6.07, 6.45) is 0.518. The second-order valence-electron chi connectivity index (χ2n) is 6.61. The van der Waals surface area contributed by atoms with Crippen LogP contribution in [-0.2, 0) is 6.42 Å². The largest absolute Gasteiger partial charge is 0.338 e. The SMILES string of the molecule is Cc1ccc(C(=O)Nc2ccccc2)cc1NC(=O)NCCc1cccc(F)c1. The van der Waals surface area contributed by atoms with E-state index < -0.39 is 0 Å². The van der Waals surface area contributed by atoms with Crippen LogP contribution >= 0.6 is 0 Å². The number of carbonyl (C=O) groups excluding carboxylic acids is 2. The highest BCUT2D eigenvalue weighted by molar-refractivity contribution is 6.05. The highest BCUT2D eigenvalue weighted by atomic mass is 19.1. The molecule has 3 rings (SSSR count). The average Bonchev–Trinajstić information content (AvgIpc) is 2.70. The van der Waals surface area contributed by atoms with Crippen LogP contribution in [0.15, 0.2) is 72.8 Å². The van der Waals surface area contributed by atoms with E-state index >= 15 is 0 Å². The minimum atomic E-state index is -0.384. The summed E-state index contributed by atoms with van der Waals surface area (Å²) >= 11 is 0. The van der Waals surface area contributed by atoms with E-state index in [1.165, 1.54) is 12.1 Å². The van der Waals surface area contributed by atoms with Crippen molar-refractivity contribution in [2.75, 3.05) is 17.2 Å². The Hall–Kier alpha value is -3.67. The molecule has 3 N–H and O–H groups in total. The summed E-state index contributed by atoms with van der Waals surface area (Å²) in [5.41, 5.74) is 3.33. The zero-order valence-electron chi connectivity index (χ0n) is 16.0. The molecule has 0 fully saturated rings. The summed E-state index contributed by atoms with van der Waals surface area (Å²) in [6, 6.07) is 20.2. The Morgan fingerprint density at radius 3 is 2.45 bits per heavy atom. The average molecular weight is 391 g/mol. The summed E-state index contributed by atoms with van der Waals surface area (Å²) in [6.45, 7) is 2.21. The van der Waals surface area contributed by atoms with Crippen molar-refractivity contribution >= 4 is 23.3 Å². The number of carbonyl (C=O) groups is 2. The molecule has 0 aromatic heterocycles. The van der Waals surface area contributed by atoms with Gasteiger partial charge < -0.3 is 16.0 Å². The highest BCUT2D eigenvalue weighted by Gasteiger charge is 2.10. The number of benzene rings is 3. The number of urea groups is 1. The summed E-state index contributed by atoms with van der Waals surface area (Å²) < 4.78 is 13.2. The van der Waals surface area contributed by atoms with E-state index in [9.17, 15) is 14.0 Å². The number of aryl methyl sites for hydroxylation is 1. The van der Waals surface area contributed by atoms with Gasteiger partial charge in [-0.25, -0.2) is 9.18 Å². The van der Waals surface area contributed by atoms with Gasteiger partial charge in [0.1, 0.15) is 5.82 Å². The Morgan fingerprint density at radius 2 is 1.69 bits per heavy atom. The normalized spacial score (nSPS) is 10.3. The lowest BCUT2D eigenvalue weighted by atomic mass is 10.1. The van der Waals surface area contributed by atoms with Gasteiger partial charge in [-0.2, -0.15) is 0 Å². The molecule has 0 unspecified atom stereocenters. The van der Waals surface area contributed by atoms with Gasteiger partial charge in [0.15, 0.2) is 0 Å². The smallest absolute Gasteiger partial charge is 0.319 e. The molecule has 0 spiro atoms. The molecule has 0 aliphatic rings. The predicted molar refractivity (Wildman–Crippen MR) is 113 cm³/mol. The van der Waals surface area contributed by atoms with Gasteiger partial charge in [0, 0.05) is 23.5 Å². The molecule has 0 atom stereocenters. The van der Waals surface area contributed by atoms with Crippen molar-refractivity contribution in [2.45, 2.75) is 13.3 Å². The molecular weight excluding hydrogens is 369 g/mol. The fraction of sp³-hybridized carbons (Fsp3) is 0.130. The first-order chi connectivity index (χ1) is 14.0. The number of nitrogens with one attached hydrogen (secondary N) is 3. The van der Waals surface area contributed by atoms with Crippen molar-refractivity contribution in [1.29, 1.82) is 0 Å². The fourth-order valence-electron chi connectivity index (χ4n) is 2.80. The number of halogens is 1. The quantitative estimate of drug-likeness (QED) is 0.567. The van der Waals surface area contributed by atoms with E-state index in [4.69, 9.17) is 0 Å². The van der Waals surface area contributed by atoms with Crippen LogP contribution in [0.25, 0.3) is 0 Å². The summed E-state index contributed by atoms with van der Waals surface area (Å²) in [7, 11) is 0. The van der Waals surface area contributed by atoms with Gasteiger partial charge in [-0.05, 0) is 60.9 Å². The molecule has 0 saturated heterocycles. The standard InChI is InChI=1S/C23H22FN3O2/c1-16-10-11-18(22(28)26-20-8-3-2-4-9-20)15-21(16)27-23(29)25-13-12-17-6-5-7-19(24)14-17/h2-11,14-15H,12-13H2,1H3,(H,26,28)(H2,25,27,29). The lowest BCUT2D eigenvalue weighted by molar-refractivity contribution is 0.102. The molecule has 5 nitrogen and oxygen atoms in total. The molecule has 29 heavy (non-hydrogen) atoms. The first-order valence-electron chi connectivity index (χ1n) is 9.27. The monoisotopic (exact) mass is 391 g/mol. The number of rotatable bonds is 6. The molecule has 6 heteroatoms. The van der Waals surface area contributed by atoms with Gasteiger partial charge >= 0.3 is 6.03 Å². The Kier molecular flexibility index (Phi) is 6.58. The molecule has 3 amide bonds.